The predicted molar refractivity (Wildman–Crippen MR) is 98.3 cm³/mol. The number of nitrogens with zero attached hydrogens (tertiary/aromatic N) is 2. The van der Waals surface area contributed by atoms with Crippen LogP contribution in [0.3, 0.4) is 0 Å². The molecule has 5 nitrogen and oxygen atoms in total. The number of likely N-dealkylation sites (tertiary alicyclic amines) is 1. The van der Waals surface area contributed by atoms with Crippen LogP contribution in [0.15, 0.2) is 35.3 Å². The number of guanidine groups is 1. The van der Waals surface area contributed by atoms with Crippen LogP contribution in [-0.4, -0.2) is 57.3 Å². The van der Waals surface area contributed by atoms with Crippen LogP contribution < -0.4 is 10.6 Å². The maximum Gasteiger partial charge on any atom is 0.191 e. The maximum atomic E-state index is 5.32. The molecule has 132 valence electrons. The van der Waals surface area contributed by atoms with Crippen LogP contribution in [0, 0.1) is 5.41 Å². The Balaban J connectivity index is 1.57. The fourth-order valence-corrected chi connectivity index (χ4v) is 3.45. The van der Waals surface area contributed by atoms with E-state index in [4.69, 9.17) is 4.74 Å². The molecular formula is C19H30N4O. The van der Waals surface area contributed by atoms with Crippen molar-refractivity contribution in [2.24, 2.45) is 10.4 Å². The van der Waals surface area contributed by atoms with Gasteiger partial charge in [-0.1, -0.05) is 37.3 Å². The Morgan fingerprint density at radius 2 is 1.92 bits per heavy atom. The van der Waals surface area contributed by atoms with Gasteiger partial charge in [-0.05, 0) is 31.5 Å². The first-order valence-corrected chi connectivity index (χ1v) is 9.01. The van der Waals surface area contributed by atoms with Crippen LogP contribution in [0.5, 0.6) is 0 Å². The number of aliphatic imine (C=N–C) groups is 1. The smallest absolute Gasteiger partial charge is 0.191 e. The molecule has 2 saturated heterocycles. The lowest BCUT2D eigenvalue weighted by molar-refractivity contribution is -0.0971. The van der Waals surface area contributed by atoms with E-state index in [1.165, 1.54) is 31.5 Å². The molecule has 0 amide bonds. The highest BCUT2D eigenvalue weighted by Crippen LogP contribution is 2.25. The van der Waals surface area contributed by atoms with E-state index in [0.29, 0.717) is 6.04 Å². The summed E-state index contributed by atoms with van der Waals surface area (Å²) in [6.07, 6.45) is 2.60. The summed E-state index contributed by atoms with van der Waals surface area (Å²) in [5.74, 6) is 0.878. The topological polar surface area (TPSA) is 48.9 Å². The molecule has 0 radical (unpaired) electrons. The predicted octanol–water partition coefficient (Wildman–Crippen LogP) is 2.02. The second-order valence-electron chi connectivity index (χ2n) is 7.28. The molecule has 0 aromatic heterocycles. The molecule has 1 aromatic carbocycles. The SMILES string of the molecule is CN=C(NCC(c1ccccc1)N1CCCC1)NCC1(C)COC1. The zero-order chi connectivity index (χ0) is 16.8. The number of benzene rings is 1. The quantitative estimate of drug-likeness (QED) is 0.619. The second-order valence-corrected chi connectivity index (χ2v) is 7.28. The van der Waals surface area contributed by atoms with Crippen molar-refractivity contribution in [2.45, 2.75) is 25.8 Å². The second kappa shape index (κ2) is 7.99. The normalized spacial score (nSPS) is 22.0. The molecule has 0 spiro atoms. The van der Waals surface area contributed by atoms with Crippen molar-refractivity contribution in [1.82, 2.24) is 15.5 Å². The van der Waals surface area contributed by atoms with Crippen molar-refractivity contribution in [1.29, 1.82) is 0 Å². The lowest BCUT2D eigenvalue weighted by Gasteiger charge is -2.38. The van der Waals surface area contributed by atoms with Crippen molar-refractivity contribution in [2.75, 3.05) is 46.4 Å². The fourth-order valence-electron chi connectivity index (χ4n) is 3.45. The van der Waals surface area contributed by atoms with Gasteiger partial charge >= 0.3 is 0 Å². The molecule has 2 fully saturated rings. The summed E-state index contributed by atoms with van der Waals surface area (Å²) in [6.45, 7) is 8.04. The minimum absolute atomic E-state index is 0.241. The van der Waals surface area contributed by atoms with Gasteiger partial charge in [0.15, 0.2) is 5.96 Å². The van der Waals surface area contributed by atoms with E-state index in [9.17, 15) is 0 Å². The first-order chi connectivity index (χ1) is 11.7. The maximum absolute atomic E-state index is 5.32. The molecule has 1 aromatic rings. The van der Waals surface area contributed by atoms with Crippen molar-refractivity contribution >= 4 is 5.96 Å². The number of hydrogen-bond acceptors (Lipinski definition) is 3. The van der Waals surface area contributed by atoms with Gasteiger partial charge in [-0.3, -0.25) is 9.89 Å². The van der Waals surface area contributed by atoms with E-state index < -0.39 is 0 Å². The van der Waals surface area contributed by atoms with Crippen LogP contribution in [0.4, 0.5) is 0 Å². The van der Waals surface area contributed by atoms with Gasteiger partial charge in [-0.25, -0.2) is 0 Å². The van der Waals surface area contributed by atoms with Crippen molar-refractivity contribution in [3.05, 3.63) is 35.9 Å². The highest BCUT2D eigenvalue weighted by Gasteiger charge is 2.33. The zero-order valence-electron chi connectivity index (χ0n) is 14.9. The Morgan fingerprint density at radius 1 is 1.21 bits per heavy atom. The standard InChI is InChI=1S/C19H30N4O/c1-19(14-24-15-19)13-22-18(20-2)21-12-17(23-10-6-7-11-23)16-8-4-3-5-9-16/h3-5,8-9,17H,6-7,10-15H2,1-2H3,(H2,20,21,22). The summed E-state index contributed by atoms with van der Waals surface area (Å²) in [7, 11) is 1.84. The molecule has 2 aliphatic rings. The van der Waals surface area contributed by atoms with E-state index in [0.717, 1.165) is 32.3 Å². The van der Waals surface area contributed by atoms with E-state index >= 15 is 0 Å². The average molecular weight is 330 g/mol. The van der Waals surface area contributed by atoms with Gasteiger partial charge in [0.05, 0.1) is 19.3 Å². The number of hydrogen-bond donors (Lipinski definition) is 2. The molecule has 1 unspecified atom stereocenters. The third kappa shape index (κ3) is 4.28. The molecule has 2 N–H and O–H groups in total. The summed E-state index contributed by atoms with van der Waals surface area (Å²) in [4.78, 5) is 6.96. The van der Waals surface area contributed by atoms with Gasteiger partial charge in [0.1, 0.15) is 0 Å². The minimum Gasteiger partial charge on any atom is -0.380 e. The van der Waals surface area contributed by atoms with E-state index in [2.05, 4.69) is 57.8 Å². The third-order valence-electron chi connectivity index (χ3n) is 5.04. The molecule has 0 aliphatic carbocycles. The third-order valence-corrected chi connectivity index (χ3v) is 5.04. The highest BCUT2D eigenvalue weighted by molar-refractivity contribution is 5.79. The van der Waals surface area contributed by atoms with Crippen molar-refractivity contribution in [3.8, 4) is 0 Å². The van der Waals surface area contributed by atoms with Gasteiger partial charge in [-0.15, -0.1) is 0 Å². The Labute approximate surface area is 145 Å². The Kier molecular flexibility index (Phi) is 5.74. The van der Waals surface area contributed by atoms with E-state index in [1.54, 1.807) is 0 Å². The average Bonchev–Trinajstić information content (AvgIpc) is 3.11. The first kappa shape index (κ1) is 17.2. The Hall–Kier alpha value is -1.59. The molecule has 3 rings (SSSR count). The summed E-state index contributed by atoms with van der Waals surface area (Å²) >= 11 is 0. The molecule has 1 atom stereocenters. The minimum atomic E-state index is 0.241. The number of rotatable bonds is 6. The largest absolute Gasteiger partial charge is 0.380 e. The summed E-state index contributed by atoms with van der Waals surface area (Å²) in [6, 6.07) is 11.2. The monoisotopic (exact) mass is 330 g/mol. The lowest BCUT2D eigenvalue weighted by Crippen LogP contribution is -2.51. The highest BCUT2D eigenvalue weighted by atomic mass is 16.5. The van der Waals surface area contributed by atoms with Crippen molar-refractivity contribution < 1.29 is 4.74 Å². The molecule has 24 heavy (non-hydrogen) atoms. The summed E-state index contributed by atoms with van der Waals surface area (Å²) < 4.78 is 5.32. The van der Waals surface area contributed by atoms with Gasteiger partial charge < -0.3 is 15.4 Å². The van der Waals surface area contributed by atoms with Gasteiger partial charge in [-0.2, -0.15) is 0 Å². The van der Waals surface area contributed by atoms with Crippen LogP contribution in [0.25, 0.3) is 0 Å². The van der Waals surface area contributed by atoms with Crippen LogP contribution in [0.2, 0.25) is 0 Å². The lowest BCUT2D eigenvalue weighted by atomic mass is 9.89. The molecule has 0 saturated carbocycles. The summed E-state index contributed by atoms with van der Waals surface area (Å²) in [5.41, 5.74) is 1.62. The molecule has 2 heterocycles. The van der Waals surface area contributed by atoms with Crippen LogP contribution in [0.1, 0.15) is 31.4 Å². The van der Waals surface area contributed by atoms with E-state index in [1.807, 2.05) is 7.05 Å². The van der Waals surface area contributed by atoms with Gasteiger partial charge in [0.2, 0.25) is 0 Å². The van der Waals surface area contributed by atoms with Gasteiger partial charge in [0.25, 0.3) is 0 Å². The first-order valence-electron chi connectivity index (χ1n) is 9.01. The summed E-state index contributed by atoms with van der Waals surface area (Å²) in [5, 5.41) is 6.97. The molecular weight excluding hydrogens is 300 g/mol. The van der Waals surface area contributed by atoms with E-state index in [-0.39, 0.29) is 5.41 Å². The van der Waals surface area contributed by atoms with Gasteiger partial charge in [0, 0.05) is 25.6 Å². The molecule has 0 bridgehead atoms. The number of ether oxygens (including phenoxy) is 1. The van der Waals surface area contributed by atoms with Crippen LogP contribution in [-0.2, 0) is 4.74 Å². The Morgan fingerprint density at radius 3 is 2.50 bits per heavy atom. The fraction of sp³-hybridized carbons (Fsp3) is 0.632. The van der Waals surface area contributed by atoms with Crippen molar-refractivity contribution in [3.63, 3.8) is 0 Å². The van der Waals surface area contributed by atoms with Crippen LogP contribution >= 0.6 is 0 Å². The zero-order valence-corrected chi connectivity index (χ0v) is 14.9. The number of nitrogens with one attached hydrogen (secondary N) is 2. The molecule has 2 aliphatic heterocycles. The molecule has 5 heteroatoms. The Bertz CT molecular complexity index is 536.